The molecule has 0 bridgehead atoms. The first-order valence-corrected chi connectivity index (χ1v) is 6.79. The van der Waals surface area contributed by atoms with Crippen LogP contribution in [0.3, 0.4) is 0 Å². The average Bonchev–Trinajstić information content (AvgIpc) is 2.67. The van der Waals surface area contributed by atoms with Crippen LogP contribution in [-0.2, 0) is 13.5 Å². The van der Waals surface area contributed by atoms with Crippen LogP contribution in [0.15, 0.2) is 18.2 Å². The lowest BCUT2D eigenvalue weighted by atomic mass is 10.0. The second-order valence-electron chi connectivity index (χ2n) is 5.17. The first-order chi connectivity index (χ1) is 9.04. The molecule has 0 atom stereocenters. The molecule has 2 aromatic rings. The number of rotatable bonds is 4. The molecule has 0 amide bonds. The monoisotopic (exact) mass is 257 g/mol. The number of imidazole rings is 1. The molecule has 3 heteroatoms. The highest BCUT2D eigenvalue weighted by atomic mass is 15.1. The van der Waals surface area contributed by atoms with E-state index in [1.165, 1.54) is 22.4 Å². The van der Waals surface area contributed by atoms with Gasteiger partial charge in [0.05, 0.1) is 5.69 Å². The van der Waals surface area contributed by atoms with Crippen molar-refractivity contribution in [3.8, 4) is 11.3 Å². The summed E-state index contributed by atoms with van der Waals surface area (Å²) in [5.74, 6) is 1.14. The summed E-state index contributed by atoms with van der Waals surface area (Å²) in [6.45, 7) is 7.39. The van der Waals surface area contributed by atoms with E-state index in [9.17, 15) is 0 Å². The number of benzene rings is 1. The van der Waals surface area contributed by atoms with Gasteiger partial charge in [-0.05, 0) is 45.0 Å². The Bertz CT molecular complexity index is 582. The predicted octanol–water partition coefficient (Wildman–Crippen LogP) is 2.77. The Labute approximate surface area is 115 Å². The van der Waals surface area contributed by atoms with Crippen LogP contribution < -0.4 is 5.32 Å². The standard InChI is InChI=1S/C16H23N3/c1-11-6-7-14(10-12(11)2)16-13(3)19(5)15(18-16)8-9-17-4/h6-7,10,17H,8-9H2,1-5H3. The van der Waals surface area contributed by atoms with Gasteiger partial charge >= 0.3 is 0 Å². The van der Waals surface area contributed by atoms with Crippen molar-refractivity contribution in [3.05, 3.63) is 40.8 Å². The second kappa shape index (κ2) is 5.57. The van der Waals surface area contributed by atoms with Crippen LogP contribution in [0.5, 0.6) is 0 Å². The molecule has 3 nitrogen and oxygen atoms in total. The molecule has 19 heavy (non-hydrogen) atoms. The fraction of sp³-hybridized carbons (Fsp3) is 0.438. The lowest BCUT2D eigenvalue weighted by Gasteiger charge is -2.04. The Balaban J connectivity index is 2.41. The Morgan fingerprint density at radius 2 is 1.89 bits per heavy atom. The second-order valence-corrected chi connectivity index (χ2v) is 5.17. The number of nitrogens with zero attached hydrogens (tertiary/aromatic N) is 2. The molecule has 102 valence electrons. The molecule has 0 unspecified atom stereocenters. The van der Waals surface area contributed by atoms with Crippen LogP contribution in [-0.4, -0.2) is 23.1 Å². The maximum absolute atomic E-state index is 4.81. The van der Waals surface area contributed by atoms with E-state index in [0.717, 1.165) is 24.5 Å². The fourth-order valence-corrected chi connectivity index (χ4v) is 2.26. The maximum atomic E-state index is 4.81. The maximum Gasteiger partial charge on any atom is 0.110 e. The molecular formula is C16H23N3. The zero-order chi connectivity index (χ0) is 14.0. The van der Waals surface area contributed by atoms with Gasteiger partial charge in [-0.2, -0.15) is 0 Å². The lowest BCUT2D eigenvalue weighted by molar-refractivity contribution is 0.710. The van der Waals surface area contributed by atoms with Gasteiger partial charge in [-0.3, -0.25) is 0 Å². The molecule has 1 aromatic heterocycles. The highest BCUT2D eigenvalue weighted by Gasteiger charge is 2.12. The number of hydrogen-bond donors (Lipinski definition) is 1. The van der Waals surface area contributed by atoms with E-state index < -0.39 is 0 Å². The topological polar surface area (TPSA) is 29.9 Å². The molecule has 0 aliphatic rings. The molecule has 0 aliphatic carbocycles. The molecule has 0 fully saturated rings. The zero-order valence-corrected chi connectivity index (χ0v) is 12.5. The third-order valence-corrected chi connectivity index (χ3v) is 3.85. The van der Waals surface area contributed by atoms with Gasteiger partial charge in [0, 0.05) is 31.3 Å². The average molecular weight is 257 g/mol. The van der Waals surface area contributed by atoms with Crippen LogP contribution in [0, 0.1) is 20.8 Å². The predicted molar refractivity (Wildman–Crippen MR) is 80.5 cm³/mol. The lowest BCUT2D eigenvalue weighted by Crippen LogP contribution is -2.13. The van der Waals surface area contributed by atoms with E-state index in [0.29, 0.717) is 0 Å². The molecule has 0 saturated carbocycles. The molecule has 0 aliphatic heterocycles. The van der Waals surface area contributed by atoms with E-state index in [2.05, 4.69) is 55.9 Å². The smallest absolute Gasteiger partial charge is 0.110 e. The Morgan fingerprint density at radius 3 is 2.53 bits per heavy atom. The molecule has 0 spiro atoms. The van der Waals surface area contributed by atoms with Crippen molar-refractivity contribution < 1.29 is 0 Å². The molecule has 1 N–H and O–H groups in total. The van der Waals surface area contributed by atoms with Crippen molar-refractivity contribution in [2.24, 2.45) is 7.05 Å². The summed E-state index contributed by atoms with van der Waals surface area (Å²) >= 11 is 0. The largest absolute Gasteiger partial charge is 0.335 e. The van der Waals surface area contributed by atoms with Crippen molar-refractivity contribution in [1.82, 2.24) is 14.9 Å². The quantitative estimate of drug-likeness (QED) is 0.912. The van der Waals surface area contributed by atoms with E-state index in [4.69, 9.17) is 4.98 Å². The van der Waals surface area contributed by atoms with Gasteiger partial charge in [-0.25, -0.2) is 4.98 Å². The van der Waals surface area contributed by atoms with Crippen molar-refractivity contribution in [3.63, 3.8) is 0 Å². The summed E-state index contributed by atoms with van der Waals surface area (Å²) < 4.78 is 2.20. The van der Waals surface area contributed by atoms with Gasteiger partial charge in [0.15, 0.2) is 0 Å². The Hall–Kier alpha value is -1.61. The van der Waals surface area contributed by atoms with Crippen molar-refractivity contribution in [2.45, 2.75) is 27.2 Å². The highest BCUT2D eigenvalue weighted by molar-refractivity contribution is 5.63. The fourth-order valence-electron chi connectivity index (χ4n) is 2.26. The molecule has 1 aromatic carbocycles. The van der Waals surface area contributed by atoms with E-state index >= 15 is 0 Å². The van der Waals surface area contributed by atoms with E-state index in [1.54, 1.807) is 0 Å². The first kappa shape index (κ1) is 13.8. The van der Waals surface area contributed by atoms with Crippen molar-refractivity contribution >= 4 is 0 Å². The number of aryl methyl sites for hydroxylation is 2. The van der Waals surface area contributed by atoms with Gasteiger partial charge < -0.3 is 9.88 Å². The molecular weight excluding hydrogens is 234 g/mol. The van der Waals surface area contributed by atoms with Gasteiger partial charge in [0.2, 0.25) is 0 Å². The number of aromatic nitrogens is 2. The molecule has 2 rings (SSSR count). The minimum absolute atomic E-state index is 0.955. The van der Waals surface area contributed by atoms with Crippen LogP contribution >= 0.6 is 0 Å². The minimum atomic E-state index is 0.955. The van der Waals surface area contributed by atoms with Crippen LogP contribution in [0.2, 0.25) is 0 Å². The summed E-state index contributed by atoms with van der Waals surface area (Å²) in [6, 6.07) is 6.57. The van der Waals surface area contributed by atoms with Crippen LogP contribution in [0.25, 0.3) is 11.3 Å². The van der Waals surface area contributed by atoms with Gasteiger partial charge in [0.1, 0.15) is 5.82 Å². The minimum Gasteiger partial charge on any atom is -0.335 e. The van der Waals surface area contributed by atoms with Crippen LogP contribution in [0.4, 0.5) is 0 Å². The van der Waals surface area contributed by atoms with Gasteiger partial charge in [0.25, 0.3) is 0 Å². The van der Waals surface area contributed by atoms with Gasteiger partial charge in [-0.15, -0.1) is 0 Å². The third-order valence-electron chi connectivity index (χ3n) is 3.85. The molecule has 0 saturated heterocycles. The molecule has 0 radical (unpaired) electrons. The van der Waals surface area contributed by atoms with E-state index in [1.807, 2.05) is 7.05 Å². The summed E-state index contributed by atoms with van der Waals surface area (Å²) in [4.78, 5) is 4.81. The number of likely N-dealkylation sites (N-methyl/N-ethyl adjacent to an activating group) is 1. The number of nitrogens with one attached hydrogen (secondary N) is 1. The summed E-state index contributed by atoms with van der Waals surface area (Å²) in [7, 11) is 4.07. The van der Waals surface area contributed by atoms with Crippen molar-refractivity contribution in [2.75, 3.05) is 13.6 Å². The normalized spacial score (nSPS) is 11.0. The Morgan fingerprint density at radius 1 is 1.16 bits per heavy atom. The summed E-state index contributed by atoms with van der Waals surface area (Å²) in [5.41, 5.74) is 6.20. The number of hydrogen-bond acceptors (Lipinski definition) is 2. The van der Waals surface area contributed by atoms with Gasteiger partial charge in [-0.1, -0.05) is 12.1 Å². The third kappa shape index (κ3) is 2.71. The Kier molecular flexibility index (Phi) is 4.05. The SMILES string of the molecule is CNCCc1nc(-c2ccc(C)c(C)c2)c(C)n1C. The van der Waals surface area contributed by atoms with E-state index in [-0.39, 0.29) is 0 Å². The molecule has 1 heterocycles. The summed E-state index contributed by atoms with van der Waals surface area (Å²) in [5, 5.41) is 3.18. The summed E-state index contributed by atoms with van der Waals surface area (Å²) in [6.07, 6.45) is 0.957. The van der Waals surface area contributed by atoms with Crippen molar-refractivity contribution in [1.29, 1.82) is 0 Å². The zero-order valence-electron chi connectivity index (χ0n) is 12.5. The first-order valence-electron chi connectivity index (χ1n) is 6.79. The highest BCUT2D eigenvalue weighted by Crippen LogP contribution is 2.25. The van der Waals surface area contributed by atoms with Crippen LogP contribution in [0.1, 0.15) is 22.6 Å².